The van der Waals surface area contributed by atoms with Crippen molar-refractivity contribution in [3.8, 4) is 5.75 Å². The predicted molar refractivity (Wildman–Crippen MR) is 136 cm³/mol. The minimum absolute atomic E-state index is 0.0285. The van der Waals surface area contributed by atoms with Crippen LogP contribution in [0.15, 0.2) is 24.3 Å². The molecule has 1 aromatic carbocycles. The number of piperazine rings is 1. The first-order valence-corrected chi connectivity index (χ1v) is 14.7. The summed E-state index contributed by atoms with van der Waals surface area (Å²) in [5.74, 6) is -0.233. The fraction of sp³-hybridized carbons (Fsp3) is 0.720. The smallest absolute Gasteiger partial charge is 0.389 e. The molecule has 1 unspecified atom stereocenters. The highest BCUT2D eigenvalue weighted by atomic mass is 32.2. The summed E-state index contributed by atoms with van der Waals surface area (Å²) >= 11 is 0. The maximum atomic E-state index is 13.8. The Morgan fingerprint density at radius 1 is 1.05 bits per heavy atom. The van der Waals surface area contributed by atoms with Gasteiger partial charge in [0, 0.05) is 77.4 Å². The number of benzene rings is 1. The molecular formula is C25H36F3N3O7S. The quantitative estimate of drug-likeness (QED) is 0.333. The van der Waals surface area contributed by atoms with Crippen LogP contribution in [-0.4, -0.2) is 88.5 Å². The fourth-order valence-corrected chi connectivity index (χ4v) is 7.07. The third-order valence-corrected chi connectivity index (χ3v) is 9.91. The van der Waals surface area contributed by atoms with Crippen molar-refractivity contribution >= 4 is 21.6 Å². The van der Waals surface area contributed by atoms with Gasteiger partial charge in [-0.1, -0.05) is 0 Å². The third-order valence-electron chi connectivity index (χ3n) is 7.28. The summed E-state index contributed by atoms with van der Waals surface area (Å²) in [7, 11) is -4.04. The third kappa shape index (κ3) is 7.54. The van der Waals surface area contributed by atoms with Gasteiger partial charge in [-0.15, -0.1) is 0 Å². The summed E-state index contributed by atoms with van der Waals surface area (Å²) in [6, 6.07) is 6.95. The number of alkyl halides is 3. The fourth-order valence-electron chi connectivity index (χ4n) is 4.97. The van der Waals surface area contributed by atoms with Crippen LogP contribution in [0, 0.1) is 0 Å². The van der Waals surface area contributed by atoms with Gasteiger partial charge in [-0.2, -0.15) is 17.5 Å². The normalized spacial score (nSPS) is 22.8. The Morgan fingerprint density at radius 2 is 1.74 bits per heavy atom. The second-order valence-electron chi connectivity index (χ2n) is 9.90. The molecule has 220 valence electrons. The highest BCUT2D eigenvalue weighted by Gasteiger charge is 2.54. The van der Waals surface area contributed by atoms with Crippen molar-refractivity contribution in [2.45, 2.75) is 62.2 Å². The standard InChI is InChI=1S/C25H36F3N3O7S/c26-25(27,28)9-3-17-36-21-7-5-20(6-8-21)30-12-14-31(15-13-30)39(33,34)24(10-18-35-19-11-24)23(32)29-38-22-4-1-2-16-37-22/h5-8,22H,1-4,9-19H2,(H,29,32). The van der Waals surface area contributed by atoms with Gasteiger partial charge in [0.1, 0.15) is 5.75 Å². The molecule has 1 amide bonds. The molecule has 4 rings (SSSR count). The molecule has 3 saturated heterocycles. The van der Waals surface area contributed by atoms with Crippen LogP contribution >= 0.6 is 0 Å². The number of anilines is 1. The first-order chi connectivity index (χ1) is 18.6. The van der Waals surface area contributed by atoms with E-state index in [0.29, 0.717) is 31.9 Å². The summed E-state index contributed by atoms with van der Waals surface area (Å²) in [5.41, 5.74) is 3.21. The molecule has 14 heteroatoms. The molecule has 1 N–H and O–H groups in total. The van der Waals surface area contributed by atoms with E-state index in [9.17, 15) is 26.4 Å². The lowest BCUT2D eigenvalue weighted by Crippen LogP contribution is -2.62. The highest BCUT2D eigenvalue weighted by molar-refractivity contribution is 7.91. The van der Waals surface area contributed by atoms with Crippen LogP contribution in [0.4, 0.5) is 18.9 Å². The van der Waals surface area contributed by atoms with E-state index in [1.807, 2.05) is 4.90 Å². The summed E-state index contributed by atoms with van der Waals surface area (Å²) in [6.45, 7) is 2.00. The molecule has 0 aromatic heterocycles. The molecule has 0 aliphatic carbocycles. The van der Waals surface area contributed by atoms with E-state index >= 15 is 0 Å². The summed E-state index contributed by atoms with van der Waals surface area (Å²) in [4.78, 5) is 20.7. The summed E-state index contributed by atoms with van der Waals surface area (Å²) in [5, 5.41) is 0. The zero-order valence-corrected chi connectivity index (χ0v) is 22.6. The highest BCUT2D eigenvalue weighted by Crippen LogP contribution is 2.34. The van der Waals surface area contributed by atoms with E-state index in [4.69, 9.17) is 19.0 Å². The number of nitrogens with zero attached hydrogens (tertiary/aromatic N) is 2. The molecule has 0 radical (unpaired) electrons. The monoisotopic (exact) mass is 579 g/mol. The van der Waals surface area contributed by atoms with Gasteiger partial charge in [0.25, 0.3) is 5.91 Å². The van der Waals surface area contributed by atoms with Gasteiger partial charge >= 0.3 is 6.18 Å². The zero-order valence-electron chi connectivity index (χ0n) is 21.8. The molecule has 10 nitrogen and oxygen atoms in total. The minimum atomic E-state index is -4.20. The molecule has 0 saturated carbocycles. The number of carbonyl (C=O) groups excluding carboxylic acids is 1. The van der Waals surface area contributed by atoms with Gasteiger partial charge in [0.2, 0.25) is 10.0 Å². The lowest BCUT2D eigenvalue weighted by molar-refractivity contribution is -0.202. The molecule has 0 bridgehead atoms. The van der Waals surface area contributed by atoms with Crippen LogP contribution < -0.4 is 15.1 Å². The van der Waals surface area contributed by atoms with Crippen LogP contribution in [0.3, 0.4) is 0 Å². The number of nitrogens with one attached hydrogen (secondary N) is 1. The van der Waals surface area contributed by atoms with Gasteiger partial charge < -0.3 is 19.1 Å². The molecule has 1 atom stereocenters. The molecule has 3 aliphatic heterocycles. The van der Waals surface area contributed by atoms with Crippen LogP contribution in [0.1, 0.15) is 44.9 Å². The molecule has 3 aliphatic rings. The zero-order chi connectivity index (χ0) is 27.9. The Morgan fingerprint density at radius 3 is 2.36 bits per heavy atom. The Bertz CT molecular complexity index is 1040. The van der Waals surface area contributed by atoms with Crippen molar-refractivity contribution in [2.24, 2.45) is 0 Å². The van der Waals surface area contributed by atoms with Crippen molar-refractivity contribution in [3.05, 3.63) is 24.3 Å². The van der Waals surface area contributed by atoms with Crippen LogP contribution in [0.25, 0.3) is 0 Å². The second-order valence-corrected chi connectivity index (χ2v) is 12.2. The predicted octanol–water partition coefficient (Wildman–Crippen LogP) is 2.98. The average Bonchev–Trinajstić information content (AvgIpc) is 2.95. The molecule has 3 fully saturated rings. The number of ether oxygens (including phenoxy) is 3. The Labute approximate surface area is 226 Å². The molecule has 0 spiro atoms. The number of hydrogen-bond acceptors (Lipinski definition) is 8. The molecule has 3 heterocycles. The van der Waals surface area contributed by atoms with E-state index in [1.165, 1.54) is 4.31 Å². The maximum Gasteiger partial charge on any atom is 0.389 e. The van der Waals surface area contributed by atoms with Gasteiger partial charge in [-0.25, -0.2) is 18.7 Å². The number of sulfonamides is 1. The minimum Gasteiger partial charge on any atom is -0.494 e. The first-order valence-electron chi connectivity index (χ1n) is 13.3. The van der Waals surface area contributed by atoms with Gasteiger partial charge in [-0.3, -0.25) is 4.79 Å². The van der Waals surface area contributed by atoms with Gasteiger partial charge in [0.15, 0.2) is 11.0 Å². The maximum absolute atomic E-state index is 13.8. The topological polar surface area (TPSA) is 107 Å². The van der Waals surface area contributed by atoms with Crippen LogP contribution in [-0.2, 0) is 29.1 Å². The van der Waals surface area contributed by atoms with Gasteiger partial charge in [-0.05, 0) is 43.5 Å². The summed E-state index contributed by atoms with van der Waals surface area (Å²) in [6.07, 6.45) is -3.31. The molecular weight excluding hydrogens is 543 g/mol. The number of hydrogen-bond donors (Lipinski definition) is 1. The number of halogens is 3. The Hall–Kier alpha value is -2.13. The van der Waals surface area contributed by atoms with E-state index in [2.05, 4.69) is 5.48 Å². The van der Waals surface area contributed by atoms with Gasteiger partial charge in [0.05, 0.1) is 6.61 Å². The van der Waals surface area contributed by atoms with Crippen LogP contribution in [0.2, 0.25) is 0 Å². The average molecular weight is 580 g/mol. The van der Waals surface area contributed by atoms with E-state index in [0.717, 1.165) is 18.5 Å². The lowest BCUT2D eigenvalue weighted by Gasteiger charge is -2.42. The SMILES string of the molecule is O=C(NOC1CCCCO1)C1(S(=O)(=O)N2CCN(c3ccc(OCCCC(F)(F)F)cc3)CC2)CCOCC1. The second kappa shape index (κ2) is 13.0. The van der Waals surface area contributed by atoms with Crippen molar-refractivity contribution < 1.29 is 45.4 Å². The van der Waals surface area contributed by atoms with E-state index < -0.39 is 39.6 Å². The Kier molecular flexibility index (Phi) is 9.97. The van der Waals surface area contributed by atoms with Crippen molar-refractivity contribution in [3.63, 3.8) is 0 Å². The first kappa shape index (κ1) is 29.8. The van der Waals surface area contributed by atoms with Crippen molar-refractivity contribution in [1.82, 2.24) is 9.79 Å². The number of carbonyl (C=O) groups is 1. The summed E-state index contributed by atoms with van der Waals surface area (Å²) < 4.78 is 80.4. The molecule has 1 aromatic rings. The van der Waals surface area contributed by atoms with Crippen LogP contribution in [0.5, 0.6) is 5.75 Å². The number of rotatable bonds is 10. The Balaban J connectivity index is 1.33. The van der Waals surface area contributed by atoms with E-state index in [-0.39, 0.29) is 52.2 Å². The van der Waals surface area contributed by atoms with E-state index in [1.54, 1.807) is 24.3 Å². The number of hydroxylamine groups is 1. The number of amides is 1. The lowest BCUT2D eigenvalue weighted by atomic mass is 9.98. The molecule has 39 heavy (non-hydrogen) atoms. The van der Waals surface area contributed by atoms with Crippen molar-refractivity contribution in [1.29, 1.82) is 0 Å². The van der Waals surface area contributed by atoms with Crippen molar-refractivity contribution in [2.75, 3.05) is 57.5 Å². The largest absolute Gasteiger partial charge is 0.494 e.